The number of hydrogen-bond acceptors (Lipinski definition) is 5. The van der Waals surface area contributed by atoms with E-state index in [1.54, 1.807) is 0 Å². The van der Waals surface area contributed by atoms with Gasteiger partial charge in [-0.15, -0.1) is 0 Å². The van der Waals surface area contributed by atoms with Crippen molar-refractivity contribution < 1.29 is 17.0 Å². The summed E-state index contributed by atoms with van der Waals surface area (Å²) in [6, 6.07) is 0. The SMILES string of the molecule is CCCCCCCCCCOP1(=O)OSO1. The standard InChI is InChI=1S/C10H21O4PS/c1-2-3-4-5-6-7-8-9-10-12-15(11)13-16-14-15/h2-10H2,1H3. The zero-order valence-corrected chi connectivity index (χ0v) is 11.6. The molecule has 0 bridgehead atoms. The van der Waals surface area contributed by atoms with Crippen molar-refractivity contribution >= 4 is 20.1 Å². The third-order valence-electron chi connectivity index (χ3n) is 2.49. The Morgan fingerprint density at radius 1 is 1.00 bits per heavy atom. The molecule has 1 heterocycles. The van der Waals surface area contributed by atoms with Crippen LogP contribution in [0.15, 0.2) is 0 Å². The first-order valence-corrected chi connectivity index (χ1v) is 8.19. The summed E-state index contributed by atoms with van der Waals surface area (Å²) in [5.41, 5.74) is 0. The minimum Gasteiger partial charge on any atom is -0.286 e. The molecule has 0 amide bonds. The van der Waals surface area contributed by atoms with Gasteiger partial charge in [-0.05, 0) is 6.42 Å². The van der Waals surface area contributed by atoms with Crippen LogP contribution in [0.1, 0.15) is 58.3 Å². The molecule has 0 spiro atoms. The number of rotatable bonds is 10. The molecule has 6 heteroatoms. The lowest BCUT2D eigenvalue weighted by molar-refractivity contribution is 0.190. The van der Waals surface area contributed by atoms with Gasteiger partial charge in [-0.3, -0.25) is 4.52 Å². The molecule has 0 aromatic carbocycles. The fourth-order valence-electron chi connectivity index (χ4n) is 1.54. The molecule has 96 valence electrons. The molecular weight excluding hydrogens is 247 g/mol. The second-order valence-corrected chi connectivity index (χ2v) is 6.45. The van der Waals surface area contributed by atoms with E-state index in [1.807, 2.05) is 0 Å². The molecule has 0 radical (unpaired) electrons. The molecule has 0 aromatic heterocycles. The summed E-state index contributed by atoms with van der Waals surface area (Å²) in [7, 11) is -3.10. The van der Waals surface area contributed by atoms with E-state index < -0.39 is 7.82 Å². The molecule has 0 saturated carbocycles. The van der Waals surface area contributed by atoms with Crippen LogP contribution in [0.2, 0.25) is 0 Å². The summed E-state index contributed by atoms with van der Waals surface area (Å²) in [4.78, 5) is 0. The van der Waals surface area contributed by atoms with E-state index in [-0.39, 0.29) is 0 Å². The van der Waals surface area contributed by atoms with Crippen molar-refractivity contribution in [3.8, 4) is 0 Å². The predicted octanol–water partition coefficient (Wildman–Crippen LogP) is 4.86. The van der Waals surface area contributed by atoms with Crippen molar-refractivity contribution in [1.82, 2.24) is 0 Å². The average molecular weight is 268 g/mol. The molecule has 0 N–H and O–H groups in total. The van der Waals surface area contributed by atoms with Crippen LogP contribution in [0, 0.1) is 0 Å². The molecule has 1 aliphatic heterocycles. The molecule has 1 fully saturated rings. The fraction of sp³-hybridized carbons (Fsp3) is 1.00. The van der Waals surface area contributed by atoms with Crippen LogP contribution in [-0.4, -0.2) is 6.61 Å². The van der Waals surface area contributed by atoms with E-state index in [9.17, 15) is 4.57 Å². The minimum absolute atomic E-state index is 0.465. The monoisotopic (exact) mass is 268 g/mol. The van der Waals surface area contributed by atoms with Crippen LogP contribution < -0.4 is 0 Å². The molecule has 16 heavy (non-hydrogen) atoms. The lowest BCUT2D eigenvalue weighted by atomic mass is 10.1. The first kappa shape index (κ1) is 14.5. The van der Waals surface area contributed by atoms with Gasteiger partial charge in [0.15, 0.2) is 12.3 Å². The summed E-state index contributed by atoms with van der Waals surface area (Å²) in [6.07, 6.45) is 9.89. The maximum Gasteiger partial charge on any atom is 0.501 e. The van der Waals surface area contributed by atoms with Crippen molar-refractivity contribution in [2.24, 2.45) is 0 Å². The zero-order chi connectivity index (χ0) is 11.7. The minimum atomic E-state index is -3.10. The maximum atomic E-state index is 11.2. The Morgan fingerprint density at radius 3 is 2.06 bits per heavy atom. The summed E-state index contributed by atoms with van der Waals surface area (Å²) >= 11 is 0.735. The van der Waals surface area contributed by atoms with Gasteiger partial charge in [-0.2, -0.15) is 7.94 Å². The second kappa shape index (κ2) is 8.54. The Labute approximate surface area is 102 Å². The first-order valence-electron chi connectivity index (χ1n) is 6.06. The molecule has 0 aromatic rings. The Kier molecular flexibility index (Phi) is 7.75. The molecule has 1 rings (SSSR count). The third-order valence-corrected chi connectivity index (χ3v) is 4.94. The highest BCUT2D eigenvalue weighted by molar-refractivity contribution is 8.02. The highest BCUT2D eigenvalue weighted by Crippen LogP contribution is 2.65. The molecule has 1 aliphatic rings. The van der Waals surface area contributed by atoms with Crippen molar-refractivity contribution in [2.75, 3.05) is 6.61 Å². The van der Waals surface area contributed by atoms with E-state index in [2.05, 4.69) is 14.9 Å². The number of unbranched alkanes of at least 4 members (excludes halogenated alkanes) is 7. The molecule has 1 saturated heterocycles. The normalized spacial score (nSPS) is 18.3. The summed E-state index contributed by atoms with van der Waals surface area (Å²) in [5.74, 6) is 0. The molecule has 0 atom stereocenters. The van der Waals surface area contributed by atoms with Gasteiger partial charge in [-0.25, -0.2) is 4.57 Å². The smallest absolute Gasteiger partial charge is 0.286 e. The lowest BCUT2D eigenvalue weighted by Crippen LogP contribution is -2.01. The van der Waals surface area contributed by atoms with E-state index in [1.165, 1.54) is 38.5 Å². The quantitative estimate of drug-likeness (QED) is 0.321. The highest BCUT2D eigenvalue weighted by Gasteiger charge is 2.38. The van der Waals surface area contributed by atoms with Gasteiger partial charge in [0.05, 0.1) is 6.61 Å². The third kappa shape index (κ3) is 6.26. The zero-order valence-electron chi connectivity index (χ0n) is 9.85. The Bertz CT molecular complexity index is 217. The number of hydrogen-bond donors (Lipinski definition) is 0. The summed E-state index contributed by atoms with van der Waals surface area (Å²) in [5, 5.41) is 0. The van der Waals surface area contributed by atoms with Crippen LogP contribution >= 0.6 is 20.1 Å². The number of phosphoric acid groups is 1. The topological polar surface area (TPSA) is 44.8 Å². The van der Waals surface area contributed by atoms with Crippen LogP contribution in [0.5, 0.6) is 0 Å². The maximum absolute atomic E-state index is 11.2. The Balaban J connectivity index is 1.76. The summed E-state index contributed by atoms with van der Waals surface area (Å²) in [6.45, 7) is 2.69. The van der Waals surface area contributed by atoms with Crippen LogP contribution in [0.25, 0.3) is 0 Å². The van der Waals surface area contributed by atoms with Crippen molar-refractivity contribution in [3.05, 3.63) is 0 Å². The van der Waals surface area contributed by atoms with Crippen LogP contribution in [-0.2, 0) is 17.0 Å². The van der Waals surface area contributed by atoms with Crippen molar-refractivity contribution in [1.29, 1.82) is 0 Å². The average Bonchev–Trinajstić information content (AvgIpc) is 2.24. The summed E-state index contributed by atoms with van der Waals surface area (Å²) < 4.78 is 25.4. The fourth-order valence-corrected chi connectivity index (χ4v) is 2.87. The van der Waals surface area contributed by atoms with E-state index in [4.69, 9.17) is 4.52 Å². The van der Waals surface area contributed by atoms with Gasteiger partial charge >= 0.3 is 7.82 Å². The first-order chi connectivity index (χ1) is 7.77. The highest BCUT2D eigenvalue weighted by atomic mass is 32.2. The Morgan fingerprint density at radius 2 is 1.56 bits per heavy atom. The molecule has 0 unspecified atom stereocenters. The van der Waals surface area contributed by atoms with Crippen molar-refractivity contribution in [2.45, 2.75) is 58.3 Å². The van der Waals surface area contributed by atoms with Gasteiger partial charge in [0.2, 0.25) is 0 Å². The van der Waals surface area contributed by atoms with Gasteiger partial charge in [0.25, 0.3) is 0 Å². The van der Waals surface area contributed by atoms with Crippen LogP contribution in [0.4, 0.5) is 0 Å². The molecular formula is C10H21O4PS. The van der Waals surface area contributed by atoms with Crippen molar-refractivity contribution in [3.63, 3.8) is 0 Å². The van der Waals surface area contributed by atoms with E-state index >= 15 is 0 Å². The lowest BCUT2D eigenvalue weighted by Gasteiger charge is -2.21. The van der Waals surface area contributed by atoms with E-state index in [0.29, 0.717) is 6.61 Å². The van der Waals surface area contributed by atoms with Gasteiger partial charge in [0.1, 0.15) is 0 Å². The van der Waals surface area contributed by atoms with Gasteiger partial charge < -0.3 is 0 Å². The van der Waals surface area contributed by atoms with Gasteiger partial charge in [0, 0.05) is 0 Å². The van der Waals surface area contributed by atoms with Gasteiger partial charge in [-0.1, -0.05) is 51.9 Å². The van der Waals surface area contributed by atoms with E-state index in [0.717, 1.165) is 25.2 Å². The van der Waals surface area contributed by atoms with Crippen LogP contribution in [0.3, 0.4) is 0 Å². The molecule has 4 nitrogen and oxygen atoms in total. The predicted molar refractivity (Wildman–Crippen MR) is 65.9 cm³/mol. The second-order valence-electron chi connectivity index (χ2n) is 3.97. The molecule has 0 aliphatic carbocycles. The largest absolute Gasteiger partial charge is 0.501 e. The Hall–Kier alpha value is 0.460.